The summed E-state index contributed by atoms with van der Waals surface area (Å²) >= 11 is 0. The molecule has 1 aliphatic heterocycles. The summed E-state index contributed by atoms with van der Waals surface area (Å²) in [7, 11) is 0. The molecule has 4 heteroatoms. The molecule has 2 aromatic carbocycles. The Balaban J connectivity index is 1.79. The Kier molecular flexibility index (Phi) is 5.94. The Labute approximate surface area is 161 Å². The minimum Gasteiger partial charge on any atom is -0.312 e. The van der Waals surface area contributed by atoms with Gasteiger partial charge in [-0.05, 0) is 55.7 Å². The quantitative estimate of drug-likeness (QED) is 0.758. The van der Waals surface area contributed by atoms with E-state index in [2.05, 4.69) is 13.8 Å². The largest absolute Gasteiger partial charge is 0.312 e. The number of anilines is 2. The van der Waals surface area contributed by atoms with E-state index in [0.29, 0.717) is 13.1 Å². The van der Waals surface area contributed by atoms with Gasteiger partial charge in [0.25, 0.3) is 0 Å². The van der Waals surface area contributed by atoms with Crippen molar-refractivity contribution in [1.29, 1.82) is 0 Å². The average Bonchev–Trinajstić information content (AvgIpc) is 3.07. The van der Waals surface area contributed by atoms with Crippen LogP contribution in [0.1, 0.15) is 37.3 Å². The highest BCUT2D eigenvalue weighted by Gasteiger charge is 2.37. The zero-order valence-electron chi connectivity index (χ0n) is 16.4. The second-order valence-electron chi connectivity index (χ2n) is 7.35. The van der Waals surface area contributed by atoms with E-state index in [1.165, 1.54) is 5.56 Å². The van der Waals surface area contributed by atoms with Crippen LogP contribution in [0.5, 0.6) is 0 Å². The fourth-order valence-corrected chi connectivity index (χ4v) is 3.53. The fourth-order valence-electron chi connectivity index (χ4n) is 3.53. The lowest BCUT2D eigenvalue weighted by atomic mass is 10.1. The molecule has 2 amide bonds. The van der Waals surface area contributed by atoms with Gasteiger partial charge in [0, 0.05) is 30.9 Å². The first kappa shape index (κ1) is 19.2. The molecule has 0 N–H and O–H groups in total. The van der Waals surface area contributed by atoms with Gasteiger partial charge in [0.2, 0.25) is 11.8 Å². The molecule has 1 saturated heterocycles. The van der Waals surface area contributed by atoms with Crippen molar-refractivity contribution in [3.05, 3.63) is 59.7 Å². The summed E-state index contributed by atoms with van der Waals surface area (Å²) in [4.78, 5) is 29.5. The Morgan fingerprint density at radius 3 is 2.52 bits per heavy atom. The van der Waals surface area contributed by atoms with Gasteiger partial charge in [0.15, 0.2) is 0 Å². The standard InChI is InChI=1S/C23H28N2O2/c1-4-5-13-24(20-9-7-6-8-10-20)23(27)19-15-22(26)25(16-19)21-12-11-17(2)18(3)14-21/h6-12,14,19H,4-5,13,15-16H2,1-3H3/t19-/m1/s1. The number of aryl methyl sites for hydroxylation is 2. The van der Waals surface area contributed by atoms with Crippen LogP contribution in [-0.4, -0.2) is 24.9 Å². The lowest BCUT2D eigenvalue weighted by molar-refractivity contribution is -0.124. The van der Waals surface area contributed by atoms with Crippen molar-refractivity contribution in [2.45, 2.75) is 40.0 Å². The van der Waals surface area contributed by atoms with E-state index in [9.17, 15) is 9.59 Å². The van der Waals surface area contributed by atoms with Crippen LogP contribution in [-0.2, 0) is 9.59 Å². The van der Waals surface area contributed by atoms with Gasteiger partial charge in [-0.25, -0.2) is 0 Å². The number of nitrogens with zero attached hydrogens (tertiary/aromatic N) is 2. The van der Waals surface area contributed by atoms with Gasteiger partial charge in [0.1, 0.15) is 0 Å². The van der Waals surface area contributed by atoms with Crippen LogP contribution in [0.2, 0.25) is 0 Å². The smallest absolute Gasteiger partial charge is 0.232 e. The summed E-state index contributed by atoms with van der Waals surface area (Å²) in [6, 6.07) is 15.8. The molecule has 1 atom stereocenters. The van der Waals surface area contributed by atoms with Crippen LogP contribution in [0.25, 0.3) is 0 Å². The van der Waals surface area contributed by atoms with Crippen LogP contribution in [0.3, 0.4) is 0 Å². The van der Waals surface area contributed by atoms with Crippen molar-refractivity contribution in [3.63, 3.8) is 0 Å². The van der Waals surface area contributed by atoms with Crippen molar-refractivity contribution in [2.24, 2.45) is 5.92 Å². The third-order valence-electron chi connectivity index (χ3n) is 5.35. The van der Waals surface area contributed by atoms with E-state index in [-0.39, 0.29) is 24.2 Å². The minimum atomic E-state index is -0.295. The Morgan fingerprint density at radius 2 is 1.85 bits per heavy atom. The first-order chi connectivity index (χ1) is 13.0. The van der Waals surface area contributed by atoms with E-state index in [4.69, 9.17) is 0 Å². The van der Waals surface area contributed by atoms with Crippen LogP contribution >= 0.6 is 0 Å². The highest BCUT2D eigenvalue weighted by Crippen LogP contribution is 2.29. The third-order valence-corrected chi connectivity index (χ3v) is 5.35. The normalized spacial score (nSPS) is 16.6. The molecule has 1 fully saturated rings. The summed E-state index contributed by atoms with van der Waals surface area (Å²) in [5, 5.41) is 0. The molecule has 4 nitrogen and oxygen atoms in total. The monoisotopic (exact) mass is 364 g/mol. The predicted molar refractivity (Wildman–Crippen MR) is 110 cm³/mol. The lowest BCUT2D eigenvalue weighted by Gasteiger charge is -2.26. The molecule has 1 heterocycles. The van der Waals surface area contributed by atoms with Crippen molar-refractivity contribution < 1.29 is 9.59 Å². The number of carbonyl (C=O) groups excluding carboxylic acids is 2. The van der Waals surface area contributed by atoms with Crippen molar-refractivity contribution in [3.8, 4) is 0 Å². The number of rotatable bonds is 6. The van der Waals surface area contributed by atoms with Gasteiger partial charge in [-0.1, -0.05) is 37.6 Å². The molecule has 0 unspecified atom stereocenters. The molecule has 142 valence electrons. The Bertz CT molecular complexity index is 816. The van der Waals surface area contributed by atoms with E-state index in [0.717, 1.165) is 29.8 Å². The number of hydrogen-bond acceptors (Lipinski definition) is 2. The zero-order chi connectivity index (χ0) is 19.4. The maximum absolute atomic E-state index is 13.2. The molecular formula is C23H28N2O2. The average molecular weight is 364 g/mol. The van der Waals surface area contributed by atoms with E-state index >= 15 is 0 Å². The molecule has 0 bridgehead atoms. The van der Waals surface area contributed by atoms with Crippen LogP contribution < -0.4 is 9.80 Å². The molecule has 3 rings (SSSR count). The van der Waals surface area contributed by atoms with Crippen LogP contribution in [0.4, 0.5) is 11.4 Å². The van der Waals surface area contributed by atoms with E-state index in [1.807, 2.05) is 60.4 Å². The number of para-hydroxylation sites is 1. The fraction of sp³-hybridized carbons (Fsp3) is 0.391. The first-order valence-electron chi connectivity index (χ1n) is 9.75. The third kappa shape index (κ3) is 4.21. The predicted octanol–water partition coefficient (Wildman–Crippen LogP) is 4.49. The summed E-state index contributed by atoms with van der Waals surface area (Å²) < 4.78 is 0. The van der Waals surface area contributed by atoms with Gasteiger partial charge in [0.05, 0.1) is 5.92 Å². The molecule has 1 aliphatic rings. The number of carbonyl (C=O) groups is 2. The summed E-state index contributed by atoms with van der Waals surface area (Å²) in [5.41, 5.74) is 4.16. The van der Waals surface area contributed by atoms with Gasteiger partial charge >= 0.3 is 0 Å². The first-order valence-corrected chi connectivity index (χ1v) is 9.75. The molecule has 0 aliphatic carbocycles. The van der Waals surface area contributed by atoms with Crippen LogP contribution in [0.15, 0.2) is 48.5 Å². The van der Waals surface area contributed by atoms with E-state index < -0.39 is 0 Å². The molecule has 0 spiro atoms. The zero-order valence-corrected chi connectivity index (χ0v) is 16.4. The highest BCUT2D eigenvalue weighted by atomic mass is 16.2. The SMILES string of the molecule is CCCCN(C(=O)[C@@H]1CC(=O)N(c2ccc(C)c(C)c2)C1)c1ccccc1. The van der Waals surface area contributed by atoms with Gasteiger partial charge < -0.3 is 9.80 Å². The second-order valence-corrected chi connectivity index (χ2v) is 7.35. The van der Waals surface area contributed by atoms with Crippen LogP contribution in [0, 0.1) is 19.8 Å². The van der Waals surface area contributed by atoms with Gasteiger partial charge in [-0.3, -0.25) is 9.59 Å². The Hall–Kier alpha value is -2.62. The Morgan fingerprint density at radius 1 is 1.11 bits per heavy atom. The summed E-state index contributed by atoms with van der Waals surface area (Å²) in [6.07, 6.45) is 2.25. The van der Waals surface area contributed by atoms with Gasteiger partial charge in [-0.2, -0.15) is 0 Å². The van der Waals surface area contributed by atoms with E-state index in [1.54, 1.807) is 4.90 Å². The van der Waals surface area contributed by atoms with Crippen molar-refractivity contribution >= 4 is 23.2 Å². The number of amides is 2. The molecule has 2 aromatic rings. The summed E-state index contributed by atoms with van der Waals surface area (Å²) in [5.74, 6) is -0.217. The van der Waals surface area contributed by atoms with Crippen molar-refractivity contribution in [1.82, 2.24) is 0 Å². The maximum Gasteiger partial charge on any atom is 0.232 e. The minimum absolute atomic E-state index is 0.0279. The summed E-state index contributed by atoms with van der Waals surface area (Å²) in [6.45, 7) is 7.37. The second kappa shape index (κ2) is 8.38. The highest BCUT2D eigenvalue weighted by molar-refractivity contribution is 6.04. The maximum atomic E-state index is 13.2. The molecule has 0 radical (unpaired) electrons. The number of hydrogen-bond donors (Lipinski definition) is 0. The van der Waals surface area contributed by atoms with Crippen molar-refractivity contribution in [2.75, 3.05) is 22.9 Å². The molecule has 0 saturated carbocycles. The topological polar surface area (TPSA) is 40.6 Å². The molecule has 27 heavy (non-hydrogen) atoms. The lowest BCUT2D eigenvalue weighted by Crippen LogP contribution is -2.38. The number of unbranched alkanes of at least 4 members (excludes halogenated alkanes) is 1. The number of benzene rings is 2. The molecule has 0 aromatic heterocycles. The molecular weight excluding hydrogens is 336 g/mol. The van der Waals surface area contributed by atoms with Gasteiger partial charge in [-0.15, -0.1) is 0 Å².